The van der Waals surface area contributed by atoms with Crippen molar-refractivity contribution < 1.29 is 14.3 Å². The molecule has 0 saturated heterocycles. The number of para-hydroxylation sites is 3. The number of nitrogens with one attached hydrogen (secondary N) is 1. The number of carbonyl (C=O) groups excluding carboxylic acids is 2. The number of aryl methyl sites for hydroxylation is 1. The molecule has 0 aliphatic carbocycles. The quantitative estimate of drug-likeness (QED) is 0.509. The van der Waals surface area contributed by atoms with Crippen molar-refractivity contribution in [3.8, 4) is 5.75 Å². The molecule has 0 radical (unpaired) electrons. The molecule has 0 fully saturated rings. The largest absolute Gasteiger partial charge is 0.496 e. The van der Waals surface area contributed by atoms with Crippen molar-refractivity contribution in [2.75, 3.05) is 26.7 Å². The highest BCUT2D eigenvalue weighted by Crippen LogP contribution is 2.18. The number of carbonyl (C=O) groups is 2. The van der Waals surface area contributed by atoms with Crippen molar-refractivity contribution in [2.24, 2.45) is 0 Å². The second-order valence-electron chi connectivity index (χ2n) is 7.23. The maximum atomic E-state index is 12.7. The number of hydrogen-bond acceptors (Lipinski definition) is 4. The number of benzene rings is 2. The number of amides is 2. The molecule has 0 aliphatic heterocycles. The predicted octanol–water partition coefficient (Wildman–Crippen LogP) is 3.28. The van der Waals surface area contributed by atoms with E-state index in [2.05, 4.69) is 5.32 Å². The molecule has 0 bridgehead atoms. The Morgan fingerprint density at radius 2 is 1.77 bits per heavy atom. The Balaban J connectivity index is 1.67. The van der Waals surface area contributed by atoms with Gasteiger partial charge in [0, 0.05) is 26.1 Å². The van der Waals surface area contributed by atoms with Crippen LogP contribution in [-0.4, -0.2) is 53.0 Å². The first kappa shape index (κ1) is 22.3. The molecule has 3 rings (SSSR count). The second kappa shape index (κ2) is 10.6. The number of likely N-dealkylation sites (N-methyl/N-ethyl adjacent to an activating group) is 1. The molecule has 0 unspecified atom stereocenters. The summed E-state index contributed by atoms with van der Waals surface area (Å²) >= 11 is 0. The highest BCUT2D eigenvalue weighted by atomic mass is 16.5. The van der Waals surface area contributed by atoms with E-state index in [-0.39, 0.29) is 18.4 Å². The van der Waals surface area contributed by atoms with E-state index in [0.29, 0.717) is 43.8 Å². The van der Waals surface area contributed by atoms with Gasteiger partial charge in [0.15, 0.2) is 0 Å². The Morgan fingerprint density at radius 1 is 1.06 bits per heavy atom. The van der Waals surface area contributed by atoms with Crippen LogP contribution in [0.15, 0.2) is 48.5 Å². The molecule has 0 saturated carbocycles. The van der Waals surface area contributed by atoms with Crippen LogP contribution < -0.4 is 10.1 Å². The van der Waals surface area contributed by atoms with Crippen molar-refractivity contribution in [2.45, 2.75) is 33.2 Å². The summed E-state index contributed by atoms with van der Waals surface area (Å²) < 4.78 is 7.25. The van der Waals surface area contributed by atoms with Gasteiger partial charge in [-0.15, -0.1) is 0 Å². The lowest BCUT2D eigenvalue weighted by atomic mass is 10.2. The van der Waals surface area contributed by atoms with Gasteiger partial charge in [-0.25, -0.2) is 4.98 Å². The number of nitrogens with zero attached hydrogens (tertiary/aromatic N) is 3. The Labute approximate surface area is 183 Å². The summed E-state index contributed by atoms with van der Waals surface area (Å²) in [4.78, 5) is 31.7. The van der Waals surface area contributed by atoms with Crippen molar-refractivity contribution in [1.29, 1.82) is 0 Å². The van der Waals surface area contributed by atoms with Gasteiger partial charge in [-0.1, -0.05) is 24.3 Å². The first-order valence-electron chi connectivity index (χ1n) is 10.7. The van der Waals surface area contributed by atoms with Gasteiger partial charge in [0.1, 0.15) is 18.1 Å². The monoisotopic (exact) mass is 422 g/mol. The van der Waals surface area contributed by atoms with Crippen LogP contribution in [-0.2, 0) is 17.8 Å². The van der Waals surface area contributed by atoms with E-state index in [0.717, 1.165) is 16.9 Å². The zero-order chi connectivity index (χ0) is 22.2. The summed E-state index contributed by atoms with van der Waals surface area (Å²) in [5.41, 5.74) is 2.35. The van der Waals surface area contributed by atoms with Crippen molar-refractivity contribution in [3.05, 3.63) is 59.9 Å². The number of fused-ring (bicyclic) bond motifs is 1. The number of aromatic nitrogens is 2. The van der Waals surface area contributed by atoms with Gasteiger partial charge in [0.05, 0.1) is 23.7 Å². The highest BCUT2D eigenvalue weighted by Gasteiger charge is 2.17. The molecule has 1 heterocycles. The van der Waals surface area contributed by atoms with Gasteiger partial charge in [-0.3, -0.25) is 9.59 Å². The average molecular weight is 423 g/mol. The van der Waals surface area contributed by atoms with E-state index in [1.807, 2.05) is 59.7 Å². The molecule has 1 aromatic heterocycles. The van der Waals surface area contributed by atoms with E-state index in [1.54, 1.807) is 19.2 Å². The molecule has 2 aromatic carbocycles. The minimum atomic E-state index is -0.164. The number of hydrogen-bond donors (Lipinski definition) is 1. The third-order valence-corrected chi connectivity index (χ3v) is 5.36. The fraction of sp³-hybridized carbons (Fsp3) is 0.375. The van der Waals surface area contributed by atoms with Crippen LogP contribution in [0, 0.1) is 0 Å². The van der Waals surface area contributed by atoms with Crippen molar-refractivity contribution in [3.63, 3.8) is 0 Å². The van der Waals surface area contributed by atoms with Crippen molar-refractivity contribution >= 4 is 22.8 Å². The minimum Gasteiger partial charge on any atom is -0.496 e. The van der Waals surface area contributed by atoms with E-state index in [9.17, 15) is 9.59 Å². The summed E-state index contributed by atoms with van der Waals surface area (Å²) in [6.45, 7) is 6.12. The molecule has 164 valence electrons. The third-order valence-electron chi connectivity index (χ3n) is 5.36. The highest BCUT2D eigenvalue weighted by molar-refractivity contribution is 5.96. The topological polar surface area (TPSA) is 76.5 Å². The fourth-order valence-electron chi connectivity index (χ4n) is 3.68. The maximum absolute atomic E-state index is 12.7. The molecule has 3 aromatic rings. The fourth-order valence-corrected chi connectivity index (χ4v) is 3.68. The normalized spacial score (nSPS) is 10.8. The molecule has 0 atom stereocenters. The Morgan fingerprint density at radius 3 is 2.52 bits per heavy atom. The van der Waals surface area contributed by atoms with Gasteiger partial charge >= 0.3 is 0 Å². The molecule has 7 heteroatoms. The van der Waals surface area contributed by atoms with Gasteiger partial charge in [-0.05, 0) is 44.5 Å². The summed E-state index contributed by atoms with van der Waals surface area (Å²) in [5.74, 6) is 1.33. The lowest BCUT2D eigenvalue weighted by Crippen LogP contribution is -2.33. The first-order chi connectivity index (χ1) is 15.1. The van der Waals surface area contributed by atoms with Gasteiger partial charge in [-0.2, -0.15) is 0 Å². The van der Waals surface area contributed by atoms with E-state index in [1.165, 1.54) is 0 Å². The molecule has 31 heavy (non-hydrogen) atoms. The molecular weight excluding hydrogens is 392 g/mol. The van der Waals surface area contributed by atoms with Crippen LogP contribution in [0.1, 0.15) is 36.5 Å². The van der Waals surface area contributed by atoms with Crippen molar-refractivity contribution in [1.82, 2.24) is 19.8 Å². The van der Waals surface area contributed by atoms with Crippen LogP contribution in [0.4, 0.5) is 0 Å². The first-order valence-corrected chi connectivity index (χ1v) is 10.7. The zero-order valence-electron chi connectivity index (χ0n) is 18.4. The molecule has 1 N–H and O–H groups in total. The molecule has 2 amide bonds. The molecule has 0 spiro atoms. The number of rotatable bonds is 10. The van der Waals surface area contributed by atoms with Crippen LogP contribution in [0.25, 0.3) is 11.0 Å². The van der Waals surface area contributed by atoms with Crippen LogP contribution in [0.3, 0.4) is 0 Å². The Bertz CT molecular complexity index is 1040. The molecular formula is C24H30N4O3. The summed E-state index contributed by atoms with van der Waals surface area (Å²) in [7, 11) is 1.55. The van der Waals surface area contributed by atoms with Gasteiger partial charge in [0.25, 0.3) is 5.91 Å². The van der Waals surface area contributed by atoms with Crippen LogP contribution in [0.2, 0.25) is 0 Å². The standard InChI is InChI=1S/C24H30N4O3/c1-4-27(5-2)23(29)17-28-20-13-8-7-12-19(20)26-22(28)15-10-16-25-24(30)18-11-6-9-14-21(18)31-3/h6-9,11-14H,4-5,10,15-17H2,1-3H3,(H,25,30). The SMILES string of the molecule is CCN(CC)C(=O)Cn1c(CCCNC(=O)c2ccccc2OC)nc2ccccc21. The van der Waals surface area contributed by atoms with E-state index < -0.39 is 0 Å². The van der Waals surface area contributed by atoms with E-state index >= 15 is 0 Å². The Kier molecular flexibility index (Phi) is 7.65. The zero-order valence-corrected chi connectivity index (χ0v) is 18.4. The lowest BCUT2D eigenvalue weighted by Gasteiger charge is -2.20. The lowest BCUT2D eigenvalue weighted by molar-refractivity contribution is -0.131. The van der Waals surface area contributed by atoms with Gasteiger partial charge in [0.2, 0.25) is 5.91 Å². The third kappa shape index (κ3) is 5.23. The number of methoxy groups -OCH3 is 1. The number of ether oxygens (including phenoxy) is 1. The summed E-state index contributed by atoms with van der Waals surface area (Å²) in [6.07, 6.45) is 1.37. The van der Waals surface area contributed by atoms with E-state index in [4.69, 9.17) is 9.72 Å². The second-order valence-corrected chi connectivity index (χ2v) is 7.23. The molecule has 7 nitrogen and oxygen atoms in total. The molecule has 0 aliphatic rings. The predicted molar refractivity (Wildman–Crippen MR) is 121 cm³/mol. The average Bonchev–Trinajstić information content (AvgIpc) is 3.14. The Hall–Kier alpha value is -3.35. The van der Waals surface area contributed by atoms with Crippen LogP contribution >= 0.6 is 0 Å². The summed E-state index contributed by atoms with van der Waals surface area (Å²) in [5, 5.41) is 2.94. The maximum Gasteiger partial charge on any atom is 0.255 e. The number of imidazole rings is 1. The van der Waals surface area contributed by atoms with Gasteiger partial charge < -0.3 is 19.5 Å². The van der Waals surface area contributed by atoms with Crippen LogP contribution in [0.5, 0.6) is 5.75 Å². The smallest absolute Gasteiger partial charge is 0.255 e. The summed E-state index contributed by atoms with van der Waals surface area (Å²) in [6, 6.07) is 15.0. The minimum absolute atomic E-state index is 0.0823.